The average molecular weight is 253 g/mol. The van der Waals surface area contributed by atoms with Crippen molar-refractivity contribution in [3.05, 3.63) is 11.7 Å². The minimum atomic E-state index is -0.0470. The molecule has 1 atom stereocenters. The predicted octanol–water partition coefficient (Wildman–Crippen LogP) is 1.54. The standard InChI is InChI=1S/C12H19N3O3/c1-8(2)12(16)15-6-4-5-9(15)11-13-10(7-17-3)18-14-11/h8-9H,4-7H2,1-3H3/t9-/m0/s1. The molecule has 1 saturated heterocycles. The molecule has 2 rings (SSSR count). The van der Waals surface area contributed by atoms with Crippen molar-refractivity contribution in [2.75, 3.05) is 13.7 Å². The molecular weight excluding hydrogens is 234 g/mol. The van der Waals surface area contributed by atoms with Crippen molar-refractivity contribution in [1.29, 1.82) is 0 Å². The van der Waals surface area contributed by atoms with Crippen LogP contribution in [0.1, 0.15) is 44.4 Å². The maximum atomic E-state index is 12.1. The molecule has 100 valence electrons. The van der Waals surface area contributed by atoms with Crippen LogP contribution in [-0.4, -0.2) is 34.6 Å². The van der Waals surface area contributed by atoms with Gasteiger partial charge < -0.3 is 14.2 Å². The number of nitrogens with zero attached hydrogens (tertiary/aromatic N) is 3. The Morgan fingerprint density at radius 2 is 2.39 bits per heavy atom. The smallest absolute Gasteiger partial charge is 0.252 e. The van der Waals surface area contributed by atoms with E-state index >= 15 is 0 Å². The lowest BCUT2D eigenvalue weighted by atomic mass is 10.1. The van der Waals surface area contributed by atoms with E-state index in [0.29, 0.717) is 18.3 Å². The maximum Gasteiger partial charge on any atom is 0.252 e. The number of methoxy groups -OCH3 is 1. The van der Waals surface area contributed by atoms with Crippen LogP contribution in [0.15, 0.2) is 4.52 Å². The molecule has 0 N–H and O–H groups in total. The van der Waals surface area contributed by atoms with E-state index in [2.05, 4.69) is 10.1 Å². The number of hydrogen-bond donors (Lipinski definition) is 0. The van der Waals surface area contributed by atoms with E-state index in [-0.39, 0.29) is 17.9 Å². The summed E-state index contributed by atoms with van der Waals surface area (Å²) < 4.78 is 10.0. The number of rotatable bonds is 4. The summed E-state index contributed by atoms with van der Waals surface area (Å²) >= 11 is 0. The topological polar surface area (TPSA) is 68.5 Å². The van der Waals surface area contributed by atoms with E-state index in [4.69, 9.17) is 9.26 Å². The average Bonchev–Trinajstić information content (AvgIpc) is 2.95. The minimum Gasteiger partial charge on any atom is -0.375 e. The van der Waals surface area contributed by atoms with Gasteiger partial charge in [0.05, 0.1) is 6.04 Å². The predicted molar refractivity (Wildman–Crippen MR) is 63.5 cm³/mol. The van der Waals surface area contributed by atoms with Crippen LogP contribution in [-0.2, 0) is 16.1 Å². The van der Waals surface area contributed by atoms with E-state index in [1.165, 1.54) is 0 Å². The summed E-state index contributed by atoms with van der Waals surface area (Å²) in [6.07, 6.45) is 1.88. The Morgan fingerprint density at radius 1 is 1.61 bits per heavy atom. The fraction of sp³-hybridized carbons (Fsp3) is 0.750. The highest BCUT2D eigenvalue weighted by Crippen LogP contribution is 2.31. The summed E-state index contributed by atoms with van der Waals surface area (Å²) in [5.41, 5.74) is 0. The van der Waals surface area contributed by atoms with Gasteiger partial charge in [-0.1, -0.05) is 19.0 Å². The Labute approximate surface area is 106 Å². The molecule has 2 heterocycles. The van der Waals surface area contributed by atoms with Crippen LogP contribution in [0.25, 0.3) is 0 Å². The van der Waals surface area contributed by atoms with Crippen LogP contribution in [0, 0.1) is 5.92 Å². The van der Waals surface area contributed by atoms with Crippen LogP contribution < -0.4 is 0 Å². The van der Waals surface area contributed by atoms with Gasteiger partial charge >= 0.3 is 0 Å². The monoisotopic (exact) mass is 253 g/mol. The Hall–Kier alpha value is -1.43. The van der Waals surface area contributed by atoms with Gasteiger partial charge in [0.25, 0.3) is 5.89 Å². The van der Waals surface area contributed by atoms with Crippen LogP contribution in [0.5, 0.6) is 0 Å². The summed E-state index contributed by atoms with van der Waals surface area (Å²) in [7, 11) is 1.58. The Morgan fingerprint density at radius 3 is 3.06 bits per heavy atom. The van der Waals surface area contributed by atoms with E-state index in [1.54, 1.807) is 7.11 Å². The number of ether oxygens (including phenoxy) is 1. The number of carbonyl (C=O) groups is 1. The molecule has 0 unspecified atom stereocenters. The van der Waals surface area contributed by atoms with Gasteiger partial charge in [-0.3, -0.25) is 4.79 Å². The normalized spacial score (nSPS) is 19.8. The van der Waals surface area contributed by atoms with E-state index in [9.17, 15) is 4.79 Å². The molecule has 0 bridgehead atoms. The van der Waals surface area contributed by atoms with Gasteiger partial charge in [-0.2, -0.15) is 4.98 Å². The second kappa shape index (κ2) is 5.48. The molecule has 0 aromatic carbocycles. The molecule has 6 nitrogen and oxygen atoms in total. The van der Waals surface area contributed by atoms with Gasteiger partial charge in [0.2, 0.25) is 5.91 Å². The van der Waals surface area contributed by atoms with Crippen molar-refractivity contribution in [3.8, 4) is 0 Å². The lowest BCUT2D eigenvalue weighted by Gasteiger charge is -2.23. The molecule has 0 spiro atoms. The molecule has 0 saturated carbocycles. The number of aromatic nitrogens is 2. The van der Waals surface area contributed by atoms with Crippen LogP contribution in [0.3, 0.4) is 0 Å². The summed E-state index contributed by atoms with van der Waals surface area (Å²) in [4.78, 5) is 18.2. The molecule has 0 radical (unpaired) electrons. The zero-order valence-electron chi connectivity index (χ0n) is 11.0. The first-order valence-corrected chi connectivity index (χ1v) is 6.25. The third kappa shape index (κ3) is 2.53. The van der Waals surface area contributed by atoms with Crippen LogP contribution >= 0.6 is 0 Å². The largest absolute Gasteiger partial charge is 0.375 e. The zero-order chi connectivity index (χ0) is 13.1. The zero-order valence-corrected chi connectivity index (χ0v) is 11.0. The molecule has 1 aromatic heterocycles. The summed E-state index contributed by atoms with van der Waals surface area (Å²) in [6.45, 7) is 4.89. The summed E-state index contributed by atoms with van der Waals surface area (Å²) in [5.74, 6) is 1.19. The number of carbonyl (C=O) groups excluding carboxylic acids is 1. The van der Waals surface area contributed by atoms with Crippen molar-refractivity contribution < 1.29 is 14.1 Å². The van der Waals surface area contributed by atoms with Crippen LogP contribution in [0.2, 0.25) is 0 Å². The number of likely N-dealkylation sites (tertiary alicyclic amines) is 1. The Kier molecular flexibility index (Phi) is 3.96. The van der Waals surface area contributed by atoms with Gasteiger partial charge in [-0.05, 0) is 12.8 Å². The van der Waals surface area contributed by atoms with Crippen molar-refractivity contribution in [2.24, 2.45) is 5.92 Å². The fourth-order valence-corrected chi connectivity index (χ4v) is 2.22. The highest BCUT2D eigenvalue weighted by molar-refractivity contribution is 5.78. The first-order chi connectivity index (χ1) is 8.63. The Bertz CT molecular complexity index is 416. The molecule has 0 aliphatic carbocycles. The van der Waals surface area contributed by atoms with Gasteiger partial charge in [0, 0.05) is 19.6 Å². The molecule has 1 fully saturated rings. The van der Waals surface area contributed by atoms with Crippen molar-refractivity contribution in [1.82, 2.24) is 15.0 Å². The van der Waals surface area contributed by atoms with E-state index < -0.39 is 0 Å². The maximum absolute atomic E-state index is 12.1. The molecule has 1 aliphatic heterocycles. The van der Waals surface area contributed by atoms with E-state index in [1.807, 2.05) is 18.7 Å². The molecular formula is C12H19N3O3. The molecule has 1 aliphatic rings. The van der Waals surface area contributed by atoms with Gasteiger partial charge in [0.15, 0.2) is 5.82 Å². The van der Waals surface area contributed by atoms with Crippen molar-refractivity contribution in [3.63, 3.8) is 0 Å². The highest BCUT2D eigenvalue weighted by Gasteiger charge is 2.34. The number of amides is 1. The summed E-state index contributed by atoms with van der Waals surface area (Å²) in [5, 5.41) is 3.95. The second-order valence-corrected chi connectivity index (χ2v) is 4.82. The Balaban J connectivity index is 2.12. The van der Waals surface area contributed by atoms with Crippen molar-refractivity contribution in [2.45, 2.75) is 39.3 Å². The second-order valence-electron chi connectivity index (χ2n) is 4.82. The lowest BCUT2D eigenvalue weighted by molar-refractivity contribution is -0.135. The molecule has 1 aromatic rings. The van der Waals surface area contributed by atoms with Gasteiger partial charge in [-0.25, -0.2) is 0 Å². The SMILES string of the molecule is COCc1nc([C@@H]2CCCN2C(=O)C(C)C)no1. The summed E-state index contributed by atoms with van der Waals surface area (Å²) in [6, 6.07) is -0.0470. The third-order valence-corrected chi connectivity index (χ3v) is 3.08. The lowest BCUT2D eigenvalue weighted by Crippen LogP contribution is -2.34. The minimum absolute atomic E-state index is 0.00375. The fourth-order valence-electron chi connectivity index (χ4n) is 2.22. The molecule has 1 amide bonds. The molecule has 18 heavy (non-hydrogen) atoms. The highest BCUT2D eigenvalue weighted by atomic mass is 16.5. The molecule has 6 heteroatoms. The first-order valence-electron chi connectivity index (χ1n) is 6.25. The van der Waals surface area contributed by atoms with Gasteiger partial charge in [0.1, 0.15) is 6.61 Å². The van der Waals surface area contributed by atoms with Gasteiger partial charge in [-0.15, -0.1) is 0 Å². The number of hydrogen-bond acceptors (Lipinski definition) is 5. The quantitative estimate of drug-likeness (QED) is 0.814. The third-order valence-electron chi connectivity index (χ3n) is 3.08. The van der Waals surface area contributed by atoms with Crippen molar-refractivity contribution >= 4 is 5.91 Å². The first kappa shape index (κ1) is 13.0. The van der Waals surface area contributed by atoms with Crippen LogP contribution in [0.4, 0.5) is 0 Å². The van der Waals surface area contributed by atoms with E-state index in [0.717, 1.165) is 19.4 Å².